The molecule has 0 saturated carbocycles. The molecule has 1 aromatic rings. The number of nitrogens with one attached hydrogen (secondary N) is 2. The third kappa shape index (κ3) is 9.03. The van der Waals surface area contributed by atoms with E-state index in [9.17, 15) is 19.7 Å². The molecule has 0 heterocycles. The summed E-state index contributed by atoms with van der Waals surface area (Å²) in [6.07, 6.45) is 2.43. The van der Waals surface area contributed by atoms with Gasteiger partial charge in [-0.1, -0.05) is 31.9 Å². The van der Waals surface area contributed by atoms with Crippen molar-refractivity contribution in [2.24, 2.45) is 0 Å². The molecular weight excluding hydrogens is 350 g/mol. The zero-order valence-electron chi connectivity index (χ0n) is 16.4. The first-order valence-corrected chi connectivity index (χ1v) is 9.13. The number of carbonyl (C=O) groups is 2. The number of nitrogens with zero attached hydrogens (tertiary/aromatic N) is 1. The number of unbranched alkanes of at least 4 members (excludes halogenated alkanes) is 2. The van der Waals surface area contributed by atoms with Gasteiger partial charge in [0.25, 0.3) is 5.69 Å². The van der Waals surface area contributed by atoms with E-state index in [1.165, 1.54) is 12.1 Å². The van der Waals surface area contributed by atoms with Gasteiger partial charge in [-0.25, -0.2) is 4.79 Å². The van der Waals surface area contributed by atoms with Crippen molar-refractivity contribution in [3.63, 3.8) is 0 Å². The summed E-state index contributed by atoms with van der Waals surface area (Å²) in [6.45, 7) is 7.82. The Kier molecular flexibility index (Phi) is 8.71. The summed E-state index contributed by atoms with van der Waals surface area (Å²) in [5.74, 6) is -0.310. The first-order chi connectivity index (χ1) is 12.6. The maximum absolute atomic E-state index is 12.5. The Bertz CT molecular complexity index is 638. The fourth-order valence-electron chi connectivity index (χ4n) is 2.36. The first-order valence-electron chi connectivity index (χ1n) is 9.13. The molecule has 1 rings (SSSR count). The van der Waals surface area contributed by atoms with E-state index in [1.54, 1.807) is 32.9 Å². The molecular formula is C19H29N3O5. The highest BCUT2D eigenvalue weighted by molar-refractivity contribution is 5.86. The zero-order valence-corrected chi connectivity index (χ0v) is 16.4. The summed E-state index contributed by atoms with van der Waals surface area (Å²) >= 11 is 0. The zero-order chi connectivity index (χ0) is 20.4. The molecule has 0 aliphatic heterocycles. The van der Waals surface area contributed by atoms with Gasteiger partial charge < -0.3 is 15.4 Å². The van der Waals surface area contributed by atoms with Gasteiger partial charge in [0.05, 0.1) is 4.92 Å². The van der Waals surface area contributed by atoms with Gasteiger partial charge in [-0.15, -0.1) is 0 Å². The van der Waals surface area contributed by atoms with E-state index in [0.29, 0.717) is 12.1 Å². The molecule has 1 unspecified atom stereocenters. The van der Waals surface area contributed by atoms with Crippen molar-refractivity contribution in [3.8, 4) is 0 Å². The molecule has 0 spiro atoms. The lowest BCUT2D eigenvalue weighted by Crippen LogP contribution is -2.49. The van der Waals surface area contributed by atoms with E-state index in [2.05, 4.69) is 17.6 Å². The third-order valence-electron chi connectivity index (χ3n) is 3.67. The Labute approximate surface area is 159 Å². The summed E-state index contributed by atoms with van der Waals surface area (Å²) in [5, 5.41) is 16.2. The molecule has 0 aliphatic carbocycles. The minimum atomic E-state index is -0.831. The predicted octanol–water partition coefficient (Wildman–Crippen LogP) is 3.34. The van der Waals surface area contributed by atoms with Crippen molar-refractivity contribution in [3.05, 3.63) is 39.9 Å². The van der Waals surface area contributed by atoms with Gasteiger partial charge in [-0.2, -0.15) is 0 Å². The minimum Gasteiger partial charge on any atom is -0.444 e. The van der Waals surface area contributed by atoms with Crippen LogP contribution in [0, 0.1) is 10.1 Å². The van der Waals surface area contributed by atoms with E-state index < -0.39 is 22.7 Å². The fraction of sp³-hybridized carbons (Fsp3) is 0.579. The summed E-state index contributed by atoms with van der Waals surface area (Å²) in [7, 11) is 0. The Morgan fingerprint density at radius 3 is 2.33 bits per heavy atom. The van der Waals surface area contributed by atoms with Gasteiger partial charge in [-0.3, -0.25) is 14.9 Å². The van der Waals surface area contributed by atoms with Crippen LogP contribution in [0.15, 0.2) is 24.3 Å². The highest BCUT2D eigenvalue weighted by Gasteiger charge is 2.24. The monoisotopic (exact) mass is 379 g/mol. The molecule has 0 radical (unpaired) electrons. The number of nitro benzene ring substituents is 1. The molecule has 2 N–H and O–H groups in total. The summed E-state index contributed by atoms with van der Waals surface area (Å²) in [6, 6.07) is 5.07. The van der Waals surface area contributed by atoms with E-state index in [-0.39, 0.29) is 18.0 Å². The number of hydrogen-bond donors (Lipinski definition) is 2. The molecule has 2 amide bonds. The van der Waals surface area contributed by atoms with Crippen molar-refractivity contribution in [1.29, 1.82) is 0 Å². The molecule has 1 atom stereocenters. The lowest BCUT2D eigenvalue weighted by Gasteiger charge is -2.23. The van der Waals surface area contributed by atoms with Gasteiger partial charge in [0, 0.05) is 25.1 Å². The number of non-ortho nitro benzene ring substituents is 1. The topological polar surface area (TPSA) is 111 Å². The van der Waals surface area contributed by atoms with E-state index in [1.807, 2.05) is 0 Å². The highest BCUT2D eigenvalue weighted by atomic mass is 16.6. The van der Waals surface area contributed by atoms with Gasteiger partial charge >= 0.3 is 6.09 Å². The maximum atomic E-state index is 12.5. The van der Waals surface area contributed by atoms with Crippen LogP contribution in [-0.2, 0) is 16.0 Å². The second-order valence-electron chi connectivity index (χ2n) is 7.32. The van der Waals surface area contributed by atoms with Gasteiger partial charge in [0.2, 0.25) is 5.91 Å². The predicted molar refractivity (Wildman–Crippen MR) is 102 cm³/mol. The van der Waals surface area contributed by atoms with Crippen LogP contribution in [0.3, 0.4) is 0 Å². The van der Waals surface area contributed by atoms with E-state index >= 15 is 0 Å². The van der Waals surface area contributed by atoms with E-state index in [4.69, 9.17) is 4.74 Å². The Balaban J connectivity index is 2.80. The number of carbonyl (C=O) groups excluding carboxylic acids is 2. The SMILES string of the molecule is CCCCCNC(=O)C(Cc1ccc([N+](=O)[O-])cc1)NC(=O)OC(C)(C)C. The van der Waals surface area contributed by atoms with Crippen LogP contribution < -0.4 is 10.6 Å². The lowest BCUT2D eigenvalue weighted by atomic mass is 10.0. The highest BCUT2D eigenvalue weighted by Crippen LogP contribution is 2.14. The maximum Gasteiger partial charge on any atom is 0.408 e. The summed E-state index contributed by atoms with van der Waals surface area (Å²) < 4.78 is 5.23. The van der Waals surface area contributed by atoms with Crippen LogP contribution >= 0.6 is 0 Å². The van der Waals surface area contributed by atoms with Crippen molar-refractivity contribution < 1.29 is 19.2 Å². The van der Waals surface area contributed by atoms with Gasteiger partial charge in [0.15, 0.2) is 0 Å². The molecule has 0 aromatic heterocycles. The Morgan fingerprint density at radius 1 is 1.19 bits per heavy atom. The van der Waals surface area contributed by atoms with Crippen LogP contribution in [0.1, 0.15) is 52.5 Å². The smallest absolute Gasteiger partial charge is 0.408 e. The van der Waals surface area contributed by atoms with Crippen molar-refractivity contribution in [2.75, 3.05) is 6.54 Å². The Morgan fingerprint density at radius 2 is 1.81 bits per heavy atom. The van der Waals surface area contributed by atoms with Crippen LogP contribution in [0.2, 0.25) is 0 Å². The molecule has 0 aliphatic rings. The van der Waals surface area contributed by atoms with Crippen LogP contribution in [0.25, 0.3) is 0 Å². The molecule has 8 heteroatoms. The van der Waals surface area contributed by atoms with Crippen LogP contribution in [0.5, 0.6) is 0 Å². The van der Waals surface area contributed by atoms with Crippen LogP contribution in [0.4, 0.5) is 10.5 Å². The number of amides is 2. The van der Waals surface area contributed by atoms with Crippen molar-refractivity contribution in [2.45, 2.75) is 65.0 Å². The van der Waals surface area contributed by atoms with E-state index in [0.717, 1.165) is 19.3 Å². The number of hydrogen-bond acceptors (Lipinski definition) is 5. The average Bonchev–Trinajstić information content (AvgIpc) is 2.56. The third-order valence-corrected chi connectivity index (χ3v) is 3.67. The molecule has 150 valence electrons. The molecule has 0 bridgehead atoms. The largest absolute Gasteiger partial charge is 0.444 e. The summed E-state index contributed by atoms with van der Waals surface area (Å²) in [4.78, 5) is 34.9. The Hall–Kier alpha value is -2.64. The van der Waals surface area contributed by atoms with Gasteiger partial charge in [-0.05, 0) is 32.8 Å². The molecule has 27 heavy (non-hydrogen) atoms. The van der Waals surface area contributed by atoms with Crippen molar-refractivity contribution in [1.82, 2.24) is 10.6 Å². The number of nitro groups is 1. The molecule has 0 saturated heterocycles. The number of benzene rings is 1. The first kappa shape index (κ1) is 22.4. The second kappa shape index (κ2) is 10.5. The number of ether oxygens (including phenoxy) is 1. The number of rotatable bonds is 9. The summed E-state index contributed by atoms with van der Waals surface area (Å²) in [5.41, 5.74) is -0.00986. The van der Waals surface area contributed by atoms with Crippen LogP contribution in [-0.4, -0.2) is 35.1 Å². The standard InChI is InChI=1S/C19H29N3O5/c1-5-6-7-12-20-17(23)16(21-18(24)27-19(2,3)4)13-14-8-10-15(11-9-14)22(25)26/h8-11,16H,5-7,12-13H2,1-4H3,(H,20,23)(H,21,24). The lowest BCUT2D eigenvalue weighted by molar-refractivity contribution is -0.384. The second-order valence-corrected chi connectivity index (χ2v) is 7.32. The van der Waals surface area contributed by atoms with Crippen molar-refractivity contribution >= 4 is 17.7 Å². The molecule has 8 nitrogen and oxygen atoms in total. The average molecular weight is 379 g/mol. The molecule has 0 fully saturated rings. The quantitative estimate of drug-likeness (QED) is 0.388. The minimum absolute atomic E-state index is 0.0283. The fourth-order valence-corrected chi connectivity index (χ4v) is 2.36. The van der Waals surface area contributed by atoms with Gasteiger partial charge in [0.1, 0.15) is 11.6 Å². The number of alkyl carbamates (subject to hydrolysis) is 1. The normalized spacial score (nSPS) is 12.1. The molecule has 1 aromatic carbocycles.